The van der Waals surface area contributed by atoms with Crippen LogP contribution in [0.25, 0.3) is 0 Å². The minimum absolute atomic E-state index is 0.120. The smallest absolute Gasteiger partial charge is 0.481 e. The Labute approximate surface area is 195 Å². The van der Waals surface area contributed by atoms with Crippen molar-refractivity contribution in [1.82, 2.24) is 5.32 Å². The van der Waals surface area contributed by atoms with Crippen molar-refractivity contribution in [3.63, 3.8) is 0 Å². The molecule has 0 saturated carbocycles. The molecule has 0 spiro atoms. The molecule has 0 radical (unpaired) electrons. The first kappa shape index (κ1) is 28.4. The number of nitrogens with zero attached hydrogens (tertiary/aromatic N) is 1. The van der Waals surface area contributed by atoms with Crippen molar-refractivity contribution in [2.45, 2.75) is 32.0 Å². The first-order valence-corrected chi connectivity index (χ1v) is 12.0. The minimum Gasteiger partial charge on any atom is -0.481 e. The number of anilines is 1. The maximum absolute atomic E-state index is 12.3. The number of alkyl halides is 3. The Morgan fingerprint density at radius 1 is 1.12 bits per heavy atom. The molecule has 1 aromatic carbocycles. The molecule has 1 aromatic rings. The maximum Gasteiger partial charge on any atom is 0.490 e. The minimum atomic E-state index is -5.08. The maximum atomic E-state index is 12.3. The van der Waals surface area contributed by atoms with E-state index in [2.05, 4.69) is 5.32 Å². The second kappa shape index (κ2) is 13.8. The highest BCUT2D eigenvalue weighted by Gasteiger charge is 2.38. The molecule has 1 heterocycles. The number of aliphatic carboxylic acids is 2. The summed E-state index contributed by atoms with van der Waals surface area (Å²) in [5, 5.41) is 18.5. The van der Waals surface area contributed by atoms with Crippen LogP contribution in [-0.4, -0.2) is 70.8 Å². The average Bonchev–Trinajstić information content (AvgIpc) is 2.73. The van der Waals surface area contributed by atoms with Gasteiger partial charge in [0.1, 0.15) is 5.75 Å². The number of fused-ring (bicyclic) bond motifs is 1. The summed E-state index contributed by atoms with van der Waals surface area (Å²) in [5.41, 5.74) is 0.689. The molecule has 2 amide bonds. The summed E-state index contributed by atoms with van der Waals surface area (Å²) in [4.78, 5) is 45.2. The third-order valence-electron chi connectivity index (χ3n) is 3.87. The van der Waals surface area contributed by atoms with Crippen LogP contribution in [0.3, 0.4) is 0 Å². The Morgan fingerprint density at radius 2 is 1.73 bits per heavy atom. The molecule has 1 atom stereocenters. The van der Waals surface area contributed by atoms with Gasteiger partial charge in [0, 0.05) is 31.0 Å². The second-order valence-corrected chi connectivity index (χ2v) is 9.11. The summed E-state index contributed by atoms with van der Waals surface area (Å²) < 4.78 is 37.3. The van der Waals surface area contributed by atoms with Gasteiger partial charge in [-0.3, -0.25) is 14.4 Å². The number of hydrogen-bond donors (Lipinski definition) is 3. The van der Waals surface area contributed by atoms with Crippen LogP contribution >= 0.6 is 21.6 Å². The Balaban J connectivity index is 0.000000675. The van der Waals surface area contributed by atoms with Gasteiger partial charge in [0.15, 0.2) is 6.10 Å². The lowest BCUT2D eigenvalue weighted by Crippen LogP contribution is -2.45. The highest BCUT2D eigenvalue weighted by Crippen LogP contribution is 2.33. The molecule has 1 aliphatic rings. The predicted octanol–water partition coefficient (Wildman–Crippen LogP) is 2.80. The number of hydrogen-bond acceptors (Lipinski definition) is 7. The summed E-state index contributed by atoms with van der Waals surface area (Å²) in [6.45, 7) is 2.51. The Kier molecular flexibility index (Phi) is 11.9. The molecule has 9 nitrogen and oxygen atoms in total. The van der Waals surface area contributed by atoms with Gasteiger partial charge in [0.25, 0.3) is 5.91 Å². The summed E-state index contributed by atoms with van der Waals surface area (Å²) in [6, 6.07) is 7.29. The van der Waals surface area contributed by atoms with Gasteiger partial charge in [-0.05, 0) is 19.1 Å². The molecule has 0 bridgehead atoms. The Bertz CT molecular complexity index is 840. The summed E-state index contributed by atoms with van der Waals surface area (Å²) in [7, 11) is 3.01. The molecule has 3 N–H and O–H groups in total. The van der Waals surface area contributed by atoms with Gasteiger partial charge in [-0.15, -0.1) is 0 Å². The largest absolute Gasteiger partial charge is 0.490 e. The Hall–Kier alpha value is -2.61. The van der Waals surface area contributed by atoms with Crippen LogP contribution in [0.2, 0.25) is 0 Å². The van der Waals surface area contributed by atoms with E-state index < -0.39 is 24.2 Å². The molecular weight excluding hydrogens is 489 g/mol. The summed E-state index contributed by atoms with van der Waals surface area (Å²) in [5.74, 6) is -1.94. The molecule has 0 aromatic heterocycles. The van der Waals surface area contributed by atoms with Gasteiger partial charge in [0.05, 0.1) is 12.1 Å². The molecular formula is C19H23F3N2O7S2. The average molecular weight is 513 g/mol. The number of ether oxygens (including phenoxy) is 1. The van der Waals surface area contributed by atoms with Crippen LogP contribution in [0.15, 0.2) is 24.3 Å². The van der Waals surface area contributed by atoms with Crippen molar-refractivity contribution in [2.75, 3.05) is 29.5 Å². The summed E-state index contributed by atoms with van der Waals surface area (Å²) in [6.07, 6.45) is -5.30. The normalized spacial score (nSPS) is 15.0. The van der Waals surface area contributed by atoms with Crippen LogP contribution in [-0.2, 0) is 19.2 Å². The van der Waals surface area contributed by atoms with E-state index in [-0.39, 0.29) is 24.7 Å². The number of benzene rings is 1. The van der Waals surface area contributed by atoms with Crippen molar-refractivity contribution < 1.29 is 47.3 Å². The lowest BCUT2D eigenvalue weighted by molar-refractivity contribution is -0.192. The van der Waals surface area contributed by atoms with E-state index in [4.69, 9.17) is 19.7 Å². The van der Waals surface area contributed by atoms with Crippen molar-refractivity contribution in [1.29, 1.82) is 0 Å². The van der Waals surface area contributed by atoms with E-state index in [9.17, 15) is 27.6 Å². The van der Waals surface area contributed by atoms with E-state index in [0.29, 0.717) is 36.0 Å². The zero-order valence-electron chi connectivity index (χ0n) is 17.5. The molecule has 0 saturated heterocycles. The number of halogens is 3. The van der Waals surface area contributed by atoms with E-state index in [1.54, 1.807) is 11.8 Å². The lowest BCUT2D eigenvalue weighted by Gasteiger charge is -2.32. The summed E-state index contributed by atoms with van der Waals surface area (Å²) >= 11 is 0. The van der Waals surface area contributed by atoms with Crippen molar-refractivity contribution in [2.24, 2.45) is 0 Å². The molecule has 2 rings (SSSR count). The zero-order valence-corrected chi connectivity index (χ0v) is 19.1. The molecule has 33 heavy (non-hydrogen) atoms. The van der Waals surface area contributed by atoms with Gasteiger partial charge >= 0.3 is 18.1 Å². The fraction of sp³-hybridized carbons (Fsp3) is 0.474. The van der Waals surface area contributed by atoms with Gasteiger partial charge in [-0.25, -0.2) is 4.79 Å². The quantitative estimate of drug-likeness (QED) is 0.320. The number of carboxylic acid groups (broad SMARTS) is 2. The zero-order chi connectivity index (χ0) is 25.0. The predicted molar refractivity (Wildman–Crippen MR) is 117 cm³/mol. The van der Waals surface area contributed by atoms with Gasteiger partial charge in [-0.1, -0.05) is 33.7 Å². The number of amides is 2. The van der Waals surface area contributed by atoms with Gasteiger partial charge in [-0.2, -0.15) is 13.2 Å². The SMILES string of the molecule is CC1Oc2ccccc2N(CCC(=O)NCCSSCCC(=O)O)C1=O.O=C(O)C(F)(F)F. The second-order valence-electron chi connectivity index (χ2n) is 6.41. The molecule has 0 aliphatic carbocycles. The van der Waals surface area contributed by atoms with E-state index in [0.717, 1.165) is 0 Å². The highest BCUT2D eigenvalue weighted by molar-refractivity contribution is 8.76. The van der Waals surface area contributed by atoms with Gasteiger partial charge in [0.2, 0.25) is 5.91 Å². The number of carbonyl (C=O) groups excluding carboxylic acids is 2. The van der Waals surface area contributed by atoms with E-state index in [1.807, 2.05) is 24.3 Å². The van der Waals surface area contributed by atoms with Crippen LogP contribution in [0.1, 0.15) is 19.8 Å². The number of rotatable bonds is 10. The van der Waals surface area contributed by atoms with Gasteiger partial charge < -0.3 is 25.2 Å². The fourth-order valence-electron chi connectivity index (χ4n) is 2.37. The fourth-order valence-corrected chi connectivity index (χ4v) is 4.26. The van der Waals surface area contributed by atoms with Crippen LogP contribution in [0.4, 0.5) is 18.9 Å². The van der Waals surface area contributed by atoms with Crippen molar-refractivity contribution >= 4 is 51.0 Å². The Morgan fingerprint density at radius 3 is 2.33 bits per heavy atom. The standard InChI is InChI=1S/C17H22N2O5S2.C2HF3O2/c1-12-17(23)19(13-4-2-3-5-14(13)24-12)9-6-15(20)18-8-11-26-25-10-7-16(21)22;3-2(4,5)1(6)7/h2-5,12H,6-11H2,1H3,(H,18,20)(H,21,22);(H,6,7). The topological polar surface area (TPSA) is 133 Å². The van der Waals surface area contributed by atoms with Crippen molar-refractivity contribution in [3.8, 4) is 5.75 Å². The molecule has 0 fully saturated rings. The van der Waals surface area contributed by atoms with Crippen LogP contribution < -0.4 is 15.0 Å². The number of para-hydroxylation sites is 2. The number of nitrogens with one attached hydrogen (secondary N) is 1. The molecule has 1 unspecified atom stereocenters. The number of carboxylic acids is 2. The highest BCUT2D eigenvalue weighted by atomic mass is 33.1. The van der Waals surface area contributed by atoms with Crippen LogP contribution in [0.5, 0.6) is 5.75 Å². The van der Waals surface area contributed by atoms with E-state index >= 15 is 0 Å². The van der Waals surface area contributed by atoms with E-state index in [1.165, 1.54) is 21.6 Å². The first-order valence-electron chi connectivity index (χ1n) is 9.53. The van der Waals surface area contributed by atoms with Crippen LogP contribution in [0, 0.1) is 0 Å². The lowest BCUT2D eigenvalue weighted by atomic mass is 10.1. The third-order valence-corrected chi connectivity index (χ3v) is 6.28. The number of carbonyl (C=O) groups is 4. The molecule has 14 heteroatoms. The first-order chi connectivity index (χ1) is 15.4. The monoisotopic (exact) mass is 512 g/mol. The molecule has 184 valence electrons. The third kappa shape index (κ3) is 10.7. The molecule has 1 aliphatic heterocycles. The van der Waals surface area contributed by atoms with Crippen molar-refractivity contribution in [3.05, 3.63) is 24.3 Å².